The number of rotatable bonds is 27. The Bertz CT molecular complexity index is 504. The molecule has 4 heteroatoms. The van der Waals surface area contributed by atoms with Crippen LogP contribution in [0.4, 0.5) is 0 Å². The lowest BCUT2D eigenvalue weighted by atomic mass is 9.74. The van der Waals surface area contributed by atoms with Gasteiger partial charge < -0.3 is 10.2 Å². The van der Waals surface area contributed by atoms with Crippen LogP contribution < -0.4 is 0 Å². The van der Waals surface area contributed by atoms with E-state index in [0.717, 1.165) is 88.9 Å². The van der Waals surface area contributed by atoms with Crippen molar-refractivity contribution in [3.63, 3.8) is 0 Å². The van der Waals surface area contributed by atoms with Crippen LogP contribution in [-0.2, 0) is 9.59 Å². The molecule has 0 spiro atoms. The van der Waals surface area contributed by atoms with Crippen LogP contribution in [0.25, 0.3) is 0 Å². The summed E-state index contributed by atoms with van der Waals surface area (Å²) in [6.07, 6.45) is 24.6. The Morgan fingerprint density at radius 1 is 0.500 bits per heavy atom. The summed E-state index contributed by atoms with van der Waals surface area (Å²) < 4.78 is 0. The molecule has 2 N–H and O–H groups in total. The lowest BCUT2D eigenvalue weighted by molar-refractivity contribution is -0.151. The lowest BCUT2D eigenvalue weighted by Gasteiger charge is -2.30. The van der Waals surface area contributed by atoms with Gasteiger partial charge in [0.15, 0.2) is 0 Å². The van der Waals surface area contributed by atoms with Gasteiger partial charge in [-0.2, -0.15) is 0 Å². The third-order valence-electron chi connectivity index (χ3n) is 7.87. The topological polar surface area (TPSA) is 74.6 Å². The van der Waals surface area contributed by atoms with Gasteiger partial charge in [0.05, 0.1) is 5.41 Å². The van der Waals surface area contributed by atoms with Gasteiger partial charge in [-0.05, 0) is 37.5 Å². The molecule has 0 aromatic carbocycles. The van der Waals surface area contributed by atoms with Crippen molar-refractivity contribution in [3.05, 3.63) is 0 Å². The average Bonchev–Trinajstić information content (AvgIpc) is 2.80. The van der Waals surface area contributed by atoms with Gasteiger partial charge in [-0.25, -0.2) is 0 Å². The fourth-order valence-electron chi connectivity index (χ4n) is 5.41. The van der Waals surface area contributed by atoms with Crippen LogP contribution in [0.3, 0.4) is 0 Å². The molecule has 0 saturated heterocycles. The van der Waals surface area contributed by atoms with Crippen molar-refractivity contribution < 1.29 is 19.8 Å². The zero-order chi connectivity index (χ0) is 27.1. The minimum atomic E-state index is -0.703. The molecule has 0 heterocycles. The fraction of sp³-hybridized carbons (Fsp3) is 0.938. The summed E-state index contributed by atoms with van der Waals surface area (Å²) in [5, 5.41) is 19.1. The van der Waals surface area contributed by atoms with Crippen LogP contribution in [0.1, 0.15) is 175 Å². The Kier molecular flexibility index (Phi) is 22.4. The van der Waals surface area contributed by atoms with Crippen LogP contribution >= 0.6 is 0 Å². The van der Waals surface area contributed by atoms with E-state index in [4.69, 9.17) is 5.11 Å². The highest BCUT2D eigenvalue weighted by molar-refractivity contribution is 5.74. The Hall–Kier alpha value is -1.06. The molecule has 0 aromatic rings. The van der Waals surface area contributed by atoms with E-state index in [1.165, 1.54) is 64.2 Å². The molecule has 0 amide bonds. The Labute approximate surface area is 224 Å². The van der Waals surface area contributed by atoms with E-state index in [2.05, 4.69) is 27.7 Å². The first-order valence-corrected chi connectivity index (χ1v) is 15.6. The fourth-order valence-corrected chi connectivity index (χ4v) is 5.41. The first kappa shape index (κ1) is 34.9. The highest BCUT2D eigenvalue weighted by atomic mass is 16.4. The Balaban J connectivity index is 4.48. The number of carboxylic acids is 2. The lowest BCUT2D eigenvalue weighted by Crippen LogP contribution is -2.31. The van der Waals surface area contributed by atoms with Crippen molar-refractivity contribution in [2.75, 3.05) is 0 Å². The molecule has 4 nitrogen and oxygen atoms in total. The minimum Gasteiger partial charge on any atom is -0.481 e. The summed E-state index contributed by atoms with van der Waals surface area (Å²) in [6.45, 7) is 9.13. The van der Waals surface area contributed by atoms with E-state index < -0.39 is 17.4 Å². The monoisotopic (exact) mass is 510 g/mol. The van der Waals surface area contributed by atoms with E-state index in [-0.39, 0.29) is 6.42 Å². The number of carbonyl (C=O) groups is 2. The maximum absolute atomic E-state index is 12.5. The molecule has 0 atom stereocenters. The summed E-state index contributed by atoms with van der Waals surface area (Å²) in [7, 11) is 0. The molecule has 0 aliphatic heterocycles. The molecule has 36 heavy (non-hydrogen) atoms. The molecule has 0 bridgehead atoms. The smallest absolute Gasteiger partial charge is 0.309 e. The molecule has 0 rings (SSSR count). The summed E-state index contributed by atoms with van der Waals surface area (Å²) >= 11 is 0. The van der Waals surface area contributed by atoms with Gasteiger partial charge in [-0.1, -0.05) is 143 Å². The van der Waals surface area contributed by atoms with Gasteiger partial charge in [0.2, 0.25) is 0 Å². The van der Waals surface area contributed by atoms with Gasteiger partial charge >= 0.3 is 11.9 Å². The van der Waals surface area contributed by atoms with Crippen molar-refractivity contribution >= 4 is 11.9 Å². The highest BCUT2D eigenvalue weighted by Gasteiger charge is 2.36. The maximum atomic E-state index is 12.5. The van der Waals surface area contributed by atoms with E-state index in [0.29, 0.717) is 0 Å². The Morgan fingerprint density at radius 3 is 1.11 bits per heavy atom. The summed E-state index contributed by atoms with van der Waals surface area (Å²) in [4.78, 5) is 23.2. The van der Waals surface area contributed by atoms with Gasteiger partial charge in [-0.3, -0.25) is 9.59 Å². The molecule has 0 aliphatic carbocycles. The molecule has 0 aromatic heterocycles. The summed E-state index contributed by atoms with van der Waals surface area (Å²) in [5.74, 6) is 0.293. The first-order valence-electron chi connectivity index (χ1n) is 15.6. The van der Waals surface area contributed by atoms with Gasteiger partial charge in [0, 0.05) is 6.42 Å². The maximum Gasteiger partial charge on any atom is 0.309 e. The zero-order valence-corrected chi connectivity index (χ0v) is 24.6. The van der Waals surface area contributed by atoms with Crippen molar-refractivity contribution in [2.45, 2.75) is 175 Å². The standard InChI is InChI=1S/C32H62O4/c1-28(2)22-16-10-8-14-20-26-32(31(35)36,27-21-15-9-11-17-23-29(3)4)25-19-13-7-5-6-12-18-24-30(33)34/h28-29H,5-27H2,1-4H3,(H,33,34)(H,35,36). The minimum absolute atomic E-state index is 0.274. The first-order chi connectivity index (χ1) is 17.2. The van der Waals surface area contributed by atoms with Crippen molar-refractivity contribution in [1.82, 2.24) is 0 Å². The molecule has 0 radical (unpaired) electrons. The van der Waals surface area contributed by atoms with E-state index in [9.17, 15) is 14.7 Å². The molecular formula is C32H62O4. The quantitative estimate of drug-likeness (QED) is 0.108. The van der Waals surface area contributed by atoms with E-state index in [1.54, 1.807) is 0 Å². The van der Waals surface area contributed by atoms with Crippen molar-refractivity contribution in [3.8, 4) is 0 Å². The van der Waals surface area contributed by atoms with Crippen molar-refractivity contribution in [2.24, 2.45) is 17.3 Å². The van der Waals surface area contributed by atoms with Crippen molar-refractivity contribution in [1.29, 1.82) is 0 Å². The number of unbranched alkanes of at least 4 members (excludes halogenated alkanes) is 14. The molecular weight excluding hydrogens is 448 g/mol. The third kappa shape index (κ3) is 21.1. The number of carboxylic acid groups (broad SMARTS) is 2. The molecule has 214 valence electrons. The van der Waals surface area contributed by atoms with Crippen LogP contribution in [0, 0.1) is 17.3 Å². The SMILES string of the molecule is CC(C)CCCCCCCC(CCCCCCCCCC(=O)O)(CCCCCCCC(C)C)C(=O)O. The predicted octanol–water partition coefficient (Wildman–Crippen LogP) is 10.4. The highest BCUT2D eigenvalue weighted by Crippen LogP contribution is 2.38. The van der Waals surface area contributed by atoms with Crippen LogP contribution in [0.2, 0.25) is 0 Å². The summed E-state index contributed by atoms with van der Waals surface area (Å²) in [5.41, 5.74) is -0.530. The molecule has 0 fully saturated rings. The largest absolute Gasteiger partial charge is 0.481 e. The summed E-state index contributed by atoms with van der Waals surface area (Å²) in [6, 6.07) is 0. The third-order valence-corrected chi connectivity index (χ3v) is 7.87. The molecule has 0 unspecified atom stereocenters. The second-order valence-electron chi connectivity index (χ2n) is 12.4. The Morgan fingerprint density at radius 2 is 0.806 bits per heavy atom. The zero-order valence-electron chi connectivity index (χ0n) is 24.6. The van der Waals surface area contributed by atoms with Gasteiger partial charge in [0.1, 0.15) is 0 Å². The molecule has 0 aliphatic rings. The van der Waals surface area contributed by atoms with Gasteiger partial charge in [-0.15, -0.1) is 0 Å². The number of hydrogen-bond acceptors (Lipinski definition) is 2. The average molecular weight is 511 g/mol. The van der Waals surface area contributed by atoms with Crippen LogP contribution in [0.5, 0.6) is 0 Å². The van der Waals surface area contributed by atoms with E-state index >= 15 is 0 Å². The van der Waals surface area contributed by atoms with Crippen LogP contribution in [0.15, 0.2) is 0 Å². The van der Waals surface area contributed by atoms with E-state index in [1.807, 2.05) is 0 Å². The second kappa shape index (κ2) is 23.1. The number of hydrogen-bond donors (Lipinski definition) is 2. The normalized spacial score (nSPS) is 12.1. The van der Waals surface area contributed by atoms with Crippen LogP contribution in [-0.4, -0.2) is 22.2 Å². The number of aliphatic carboxylic acids is 2. The predicted molar refractivity (Wildman–Crippen MR) is 154 cm³/mol. The molecule has 0 saturated carbocycles. The van der Waals surface area contributed by atoms with Gasteiger partial charge in [0.25, 0.3) is 0 Å². The second-order valence-corrected chi connectivity index (χ2v) is 12.4.